The maximum Gasteiger partial charge on any atom is 0.515 e. The number of aliphatic hydroxyl groups is 2. The summed E-state index contributed by atoms with van der Waals surface area (Å²) >= 11 is 9.88. The number of aromatic nitrogens is 6. The molecular weight excluding hydrogens is 1710 g/mol. The number of benzene rings is 5. The molecule has 0 saturated carbocycles. The Bertz CT molecular complexity index is 6320. The Labute approximate surface area is 748 Å². The van der Waals surface area contributed by atoms with E-state index in [1.807, 2.05) is 58.9 Å². The van der Waals surface area contributed by atoms with E-state index in [4.69, 9.17) is 72.3 Å². The lowest BCUT2D eigenvalue weighted by Crippen LogP contribution is -2.47. The summed E-state index contributed by atoms with van der Waals surface area (Å²) in [6.07, 6.45) is 4.67. The van der Waals surface area contributed by atoms with Crippen LogP contribution in [-0.4, -0.2) is 115 Å². The highest BCUT2D eigenvalue weighted by Gasteiger charge is 2.52. The van der Waals surface area contributed by atoms with Gasteiger partial charge in [-0.3, -0.25) is 39.4 Å². The first-order chi connectivity index (χ1) is 61.4. The van der Waals surface area contributed by atoms with Crippen molar-refractivity contribution in [2.75, 3.05) is 19.7 Å². The van der Waals surface area contributed by atoms with E-state index in [2.05, 4.69) is 42.4 Å². The van der Waals surface area contributed by atoms with E-state index in [1.165, 1.54) is 59.7 Å². The zero-order valence-electron chi connectivity index (χ0n) is 73.1. The average Bonchev–Trinajstić information content (AvgIpc) is 1.60. The number of phenols is 1. The number of nitro benzene ring substituents is 2. The number of nitrogens with zero attached hydrogens (tertiary/aromatic N) is 8. The number of carbonyl (C=O) groups excluding carboxylic acids is 6. The Morgan fingerprint density at radius 3 is 1.27 bits per heavy atom. The first-order valence-electron chi connectivity index (χ1n) is 41.9. The molecule has 0 spiro atoms. The van der Waals surface area contributed by atoms with Gasteiger partial charge in [0.1, 0.15) is 48.7 Å². The van der Waals surface area contributed by atoms with Crippen LogP contribution in [0.25, 0.3) is 66.9 Å². The number of non-ortho nitro benzene ring substituents is 2. The number of esters is 4. The minimum absolute atomic E-state index is 0.0161. The van der Waals surface area contributed by atoms with Crippen molar-refractivity contribution in [3.05, 3.63) is 251 Å². The van der Waals surface area contributed by atoms with E-state index in [1.54, 1.807) is 78.0 Å². The molecule has 5 N–H and O–H groups in total. The van der Waals surface area contributed by atoms with Crippen molar-refractivity contribution in [1.82, 2.24) is 28.7 Å². The number of aryl methyl sites for hydroxylation is 5. The first-order valence-corrected chi connectivity index (χ1v) is 42.8. The lowest BCUT2D eigenvalue weighted by molar-refractivity contribution is -0.385. The summed E-state index contributed by atoms with van der Waals surface area (Å²) < 4.78 is 45.3. The summed E-state index contributed by atoms with van der Waals surface area (Å²) in [6.45, 7) is 22.3. The Balaban J connectivity index is 0.000000153. The second-order valence-corrected chi connectivity index (χ2v) is 32.7. The molecule has 0 saturated heterocycles. The van der Waals surface area contributed by atoms with Crippen LogP contribution in [0.1, 0.15) is 185 Å². The van der Waals surface area contributed by atoms with Crippen LogP contribution in [0.5, 0.6) is 17.2 Å². The molecule has 35 heteroatoms. The molecule has 129 heavy (non-hydrogen) atoms. The number of fused-ring (bicyclic) bond motifs is 15. The van der Waals surface area contributed by atoms with E-state index in [0.29, 0.717) is 95.8 Å². The predicted molar refractivity (Wildman–Crippen MR) is 477 cm³/mol. The molecule has 33 nitrogen and oxygen atoms in total. The zero-order valence-corrected chi connectivity index (χ0v) is 74.6. The molecule has 6 aliphatic rings. The van der Waals surface area contributed by atoms with Gasteiger partial charge in [-0.1, -0.05) is 82.8 Å². The number of ether oxygens (including phenoxy) is 8. The number of hydrogen-bond donors (Lipinski definition) is 4. The third-order valence-electron chi connectivity index (χ3n) is 23.1. The van der Waals surface area contributed by atoms with Crippen molar-refractivity contribution in [3.8, 4) is 51.4 Å². The number of carbonyl (C=O) groups is 6. The van der Waals surface area contributed by atoms with Crippen molar-refractivity contribution in [2.24, 2.45) is 5.73 Å². The highest BCUT2D eigenvalue weighted by molar-refractivity contribution is 6.61. The van der Waals surface area contributed by atoms with Gasteiger partial charge in [0, 0.05) is 98.9 Å². The number of aromatic hydroxyl groups is 1. The fourth-order valence-corrected chi connectivity index (χ4v) is 16.8. The summed E-state index contributed by atoms with van der Waals surface area (Å²) in [4.78, 5) is 147. The molecule has 0 bridgehead atoms. The van der Waals surface area contributed by atoms with Crippen molar-refractivity contribution in [1.29, 1.82) is 0 Å². The molecular formula is C94H97Cl2N9O24. The van der Waals surface area contributed by atoms with E-state index < -0.39 is 56.1 Å². The van der Waals surface area contributed by atoms with Crippen molar-refractivity contribution in [3.63, 3.8) is 0 Å². The highest BCUT2D eigenvalue weighted by atomic mass is 35.5. The summed E-state index contributed by atoms with van der Waals surface area (Å²) in [5.41, 5.74) is 13.9. The van der Waals surface area contributed by atoms with Crippen molar-refractivity contribution in [2.45, 2.75) is 202 Å². The number of nitrogens with two attached hydrogens (primary N) is 1. The van der Waals surface area contributed by atoms with Gasteiger partial charge in [0.05, 0.1) is 96.9 Å². The quantitative estimate of drug-likeness (QED) is 0.00961. The fraction of sp³-hybridized carbons (Fsp3) is 0.362. The molecule has 17 rings (SSSR count). The van der Waals surface area contributed by atoms with Crippen LogP contribution in [0, 0.1) is 34.1 Å². The molecule has 11 aromatic rings. The van der Waals surface area contributed by atoms with E-state index in [-0.39, 0.29) is 107 Å². The number of rotatable bonds is 17. The molecule has 0 unspecified atom stereocenters. The molecule has 0 aliphatic carbocycles. The van der Waals surface area contributed by atoms with Gasteiger partial charge >= 0.3 is 35.5 Å². The van der Waals surface area contributed by atoms with E-state index >= 15 is 0 Å². The van der Waals surface area contributed by atoms with Gasteiger partial charge in [0.2, 0.25) is 5.60 Å². The third-order valence-corrected chi connectivity index (χ3v) is 23.4. The Kier molecular flexibility index (Phi) is 28.8. The second-order valence-electron chi connectivity index (χ2n) is 32.2. The van der Waals surface area contributed by atoms with Gasteiger partial charge < -0.3 is 72.6 Å². The molecule has 12 heterocycles. The SMILES string of the molecule is CC(C)(C)OC(=O)CCCCCN.CCc1c2c(nc3ccc(C)cc13)-c1cc3c(c(=O)n1C2)COC(=O)[C@@]3(CC)OC(=O)Oc1ccc([N+](=O)[O-])cc1.CCc1c2c(nc3ccc(C)cc13)-c1cc3c(c(=O)n1C2)COC(=O)[C@]3(O)CC.CCc1c2c(nc3ccc(O)cc13)-c1cc3c(c(=O)n1C2)COC(=O)[C@]3(O)CC.COCCl.O=C(Cl)Oc1ccc([N+](=O)[O-])cc1. The fourth-order valence-electron chi connectivity index (χ4n) is 16.7. The molecule has 0 fully saturated rings. The number of unbranched alkanes of at least 4 members (excludes halogenated alkanes) is 2. The molecule has 676 valence electrons. The minimum Gasteiger partial charge on any atom is -0.508 e. The standard InChI is InChI=1S/C30H25N3O8.C23H22N2O4.C22H20N2O5.C10H21NO2.C7H4ClNO4.C2H5ClO/c1-4-19-20-12-16(3)6-11-24(20)31-26-21(19)14-32-25(26)13-23-22(27(32)34)15-39-28(35)30(23,5-2)41-29(36)40-18-9-7-17(8-10-18)33(37)38;1-4-13-14-8-12(3)6-7-18(14)24-20-15(13)10-25-19(20)9-17-16(21(25)26)11-29-22(27)23(17,28)5-2;1-3-12-13-7-11(25)5-6-17(13)23-19-14(12)9-24-18(19)8-16-15(20(24)26)10-29-21(27)22(16,28)4-2;1-10(2,3)13-9(12)7-5-4-6-8-11;8-7(10)13-6-3-1-5(2-4-6)9(11)12;1-4-2-3/h6-13H,4-5,14-15H2,1-3H3;6-9,28H,4-5,10-11H2,1-3H3;5-8,25,28H,3-4,9-10H2,1-2H3;4-8,11H2,1-3H3;1-4H;2H2,1H3/t30-;23-;22-;;;/m000.../s1. The second kappa shape index (κ2) is 39.2. The minimum atomic E-state index is -1.94. The molecule has 0 amide bonds. The Morgan fingerprint density at radius 1 is 0.527 bits per heavy atom. The Hall–Kier alpha value is -13.2. The van der Waals surface area contributed by atoms with Gasteiger partial charge in [0.25, 0.3) is 28.1 Å². The molecule has 5 aromatic carbocycles. The molecule has 3 atom stereocenters. The topological polar surface area (TPSA) is 454 Å². The van der Waals surface area contributed by atoms with Crippen LogP contribution in [0.4, 0.5) is 21.0 Å². The van der Waals surface area contributed by atoms with Gasteiger partial charge in [-0.2, -0.15) is 0 Å². The maximum absolute atomic E-state index is 13.8. The van der Waals surface area contributed by atoms with Crippen LogP contribution in [0.3, 0.4) is 0 Å². The smallest absolute Gasteiger partial charge is 0.508 e. The summed E-state index contributed by atoms with van der Waals surface area (Å²) in [7, 11) is 1.55. The zero-order chi connectivity index (χ0) is 93.6. The Morgan fingerprint density at radius 2 is 0.907 bits per heavy atom. The summed E-state index contributed by atoms with van der Waals surface area (Å²) in [5.74, 6) is -2.04. The van der Waals surface area contributed by atoms with Crippen LogP contribution < -0.4 is 31.9 Å². The summed E-state index contributed by atoms with van der Waals surface area (Å²) in [5, 5.41) is 56.0. The van der Waals surface area contributed by atoms with E-state index in [0.717, 1.165) is 104 Å². The molecule has 0 radical (unpaired) electrons. The molecule has 6 aliphatic heterocycles. The van der Waals surface area contributed by atoms with Gasteiger partial charge in [-0.25, -0.2) is 38.9 Å². The van der Waals surface area contributed by atoms with Gasteiger partial charge in [0.15, 0.2) is 11.2 Å². The van der Waals surface area contributed by atoms with Gasteiger partial charge in [-0.05, 0) is 194 Å². The number of nitro groups is 2. The number of phenolic OH excluding ortho intramolecular Hbond substituents is 1. The third kappa shape index (κ3) is 19.1. The number of cyclic esters (lactones) is 3. The van der Waals surface area contributed by atoms with Gasteiger partial charge in [-0.15, -0.1) is 0 Å². The summed E-state index contributed by atoms with van der Waals surface area (Å²) in [6, 6.07) is 32.5. The number of hydrogen-bond acceptors (Lipinski definition) is 28. The largest absolute Gasteiger partial charge is 0.515 e. The van der Waals surface area contributed by atoms with Crippen molar-refractivity contribution >= 4 is 103 Å². The predicted octanol–water partition coefficient (Wildman–Crippen LogP) is 15.4. The lowest BCUT2D eigenvalue weighted by atomic mass is 9.85. The van der Waals surface area contributed by atoms with Crippen LogP contribution in [0.15, 0.2) is 136 Å². The number of methoxy groups -OCH3 is 1. The monoisotopic (exact) mass is 1810 g/mol. The number of halogens is 2. The van der Waals surface area contributed by atoms with Crippen molar-refractivity contribution < 1.29 is 91.8 Å². The number of pyridine rings is 6. The van der Waals surface area contributed by atoms with Crippen LogP contribution in [-0.2, 0) is 123 Å². The normalized spacial score (nSPS) is 16.5. The maximum atomic E-state index is 13.8. The van der Waals surface area contributed by atoms with Crippen LogP contribution >= 0.6 is 23.2 Å². The van der Waals surface area contributed by atoms with Crippen LogP contribution in [0.2, 0.25) is 0 Å². The number of alkyl halides is 1. The molecule has 6 aromatic heterocycles. The lowest BCUT2D eigenvalue weighted by Gasteiger charge is -2.35. The van der Waals surface area contributed by atoms with E-state index in [9.17, 15) is 78.7 Å². The first kappa shape index (κ1) is 94.9. The average molecular weight is 1810 g/mol. The highest BCUT2D eigenvalue weighted by Crippen LogP contribution is 2.46.